The molecule has 15 heavy (non-hydrogen) atoms. The van der Waals surface area contributed by atoms with Crippen LogP contribution in [-0.2, 0) is 0 Å². The molecule has 0 unspecified atom stereocenters. The summed E-state index contributed by atoms with van der Waals surface area (Å²) in [5.41, 5.74) is 1.29. The highest BCUT2D eigenvalue weighted by Crippen LogP contribution is 2.24. The van der Waals surface area contributed by atoms with Crippen molar-refractivity contribution in [3.8, 4) is 0 Å². The molecule has 0 saturated carbocycles. The van der Waals surface area contributed by atoms with Gasteiger partial charge in [-0.2, -0.15) is 0 Å². The molecular formula is C13H17N2. The van der Waals surface area contributed by atoms with E-state index in [0.717, 1.165) is 26.1 Å². The zero-order valence-corrected chi connectivity index (χ0v) is 8.95. The van der Waals surface area contributed by atoms with Gasteiger partial charge in [0.2, 0.25) is 0 Å². The third-order valence-electron chi connectivity index (χ3n) is 2.67. The van der Waals surface area contributed by atoms with E-state index >= 15 is 0 Å². The number of para-hydroxylation sites is 1. The largest absolute Gasteiger partial charge is 0.361 e. The average Bonchev–Trinajstić information content (AvgIpc) is 2.31. The minimum Gasteiger partial charge on any atom is -0.361 e. The molecule has 1 heterocycles. The zero-order chi connectivity index (χ0) is 10.5. The Morgan fingerprint density at radius 2 is 2.20 bits per heavy atom. The van der Waals surface area contributed by atoms with E-state index in [1.807, 2.05) is 6.08 Å². The summed E-state index contributed by atoms with van der Waals surface area (Å²) < 4.78 is 0. The van der Waals surface area contributed by atoms with Crippen molar-refractivity contribution in [2.45, 2.75) is 6.42 Å². The first-order valence-electron chi connectivity index (χ1n) is 5.40. The summed E-state index contributed by atoms with van der Waals surface area (Å²) in [5.74, 6) is 0. The number of anilines is 1. The summed E-state index contributed by atoms with van der Waals surface area (Å²) in [6.07, 6.45) is 2.93. The van der Waals surface area contributed by atoms with E-state index < -0.39 is 0 Å². The van der Waals surface area contributed by atoms with Crippen LogP contribution in [0.3, 0.4) is 0 Å². The third-order valence-corrected chi connectivity index (χ3v) is 2.67. The number of piperazine rings is 1. The number of nitrogens with zero attached hydrogens (tertiary/aromatic N) is 1. The molecular weight excluding hydrogens is 186 g/mol. The Morgan fingerprint density at radius 1 is 1.40 bits per heavy atom. The summed E-state index contributed by atoms with van der Waals surface area (Å²) in [6.45, 7) is 6.88. The molecule has 1 fully saturated rings. The second-order valence-corrected chi connectivity index (χ2v) is 3.72. The predicted octanol–water partition coefficient (Wildman–Crippen LogP) is 2.20. The standard InChI is InChI=1S/C13H17N2/c1-2-6-13-11-14-9-10-15(13)12-7-4-3-5-8-12/h2-5,7-8,14H,1,6,9-11H2/i12+2. The molecule has 1 aromatic carbocycles. The Morgan fingerprint density at radius 3 is 2.93 bits per heavy atom. The molecule has 0 spiro atoms. The highest BCUT2D eigenvalue weighted by atomic mass is 15.6. The van der Waals surface area contributed by atoms with Crippen LogP contribution in [0.1, 0.15) is 6.42 Å². The normalized spacial score (nSPS) is 17.7. The lowest BCUT2D eigenvalue weighted by Gasteiger charge is -2.36. The molecule has 0 aromatic heterocycles. The van der Waals surface area contributed by atoms with Crippen LogP contribution < -0.4 is 10.2 Å². The molecule has 1 aliphatic rings. The van der Waals surface area contributed by atoms with Gasteiger partial charge in [0.1, 0.15) is 0 Å². The van der Waals surface area contributed by atoms with Gasteiger partial charge in [0.25, 0.3) is 0 Å². The molecule has 0 bridgehead atoms. The van der Waals surface area contributed by atoms with Crippen LogP contribution in [0.5, 0.6) is 0 Å². The molecule has 0 atom stereocenters. The maximum atomic E-state index is 3.81. The Balaban J connectivity index is 2.14. The van der Waals surface area contributed by atoms with Crippen LogP contribution >= 0.6 is 0 Å². The topological polar surface area (TPSA) is 15.3 Å². The SMILES string of the molecule is C=CC[C]1CNCCN1[14c]1ccccc1. The van der Waals surface area contributed by atoms with E-state index in [1.54, 1.807) is 0 Å². The van der Waals surface area contributed by atoms with Gasteiger partial charge in [0.15, 0.2) is 0 Å². The van der Waals surface area contributed by atoms with E-state index in [1.165, 1.54) is 11.7 Å². The fraction of sp³-hybridized carbons (Fsp3) is 0.308. The first-order valence-corrected chi connectivity index (χ1v) is 5.40. The molecule has 79 valence electrons. The second-order valence-electron chi connectivity index (χ2n) is 3.72. The van der Waals surface area contributed by atoms with Crippen LogP contribution in [0.15, 0.2) is 43.0 Å². The summed E-state index contributed by atoms with van der Waals surface area (Å²) >= 11 is 0. The van der Waals surface area contributed by atoms with Crippen molar-refractivity contribution >= 4 is 5.69 Å². The van der Waals surface area contributed by atoms with Gasteiger partial charge in [-0.15, -0.1) is 6.58 Å². The predicted molar refractivity (Wildman–Crippen MR) is 64.7 cm³/mol. The number of hydrogen-bond acceptors (Lipinski definition) is 2. The van der Waals surface area contributed by atoms with Crippen LogP contribution in [0.25, 0.3) is 0 Å². The van der Waals surface area contributed by atoms with E-state index in [0.29, 0.717) is 0 Å². The maximum Gasteiger partial charge on any atom is 0.0807 e. The molecule has 1 N–H and O–H groups in total. The zero-order valence-electron chi connectivity index (χ0n) is 8.95. The fourth-order valence-electron chi connectivity index (χ4n) is 1.95. The minimum absolute atomic E-state index is 0.960. The quantitative estimate of drug-likeness (QED) is 0.758. The van der Waals surface area contributed by atoms with E-state index in [2.05, 4.69) is 47.1 Å². The first kappa shape index (κ1) is 10.2. The van der Waals surface area contributed by atoms with Crippen molar-refractivity contribution in [2.75, 3.05) is 24.5 Å². The van der Waals surface area contributed by atoms with Crippen molar-refractivity contribution in [3.05, 3.63) is 49.0 Å². The van der Waals surface area contributed by atoms with Gasteiger partial charge in [-0.1, -0.05) is 24.3 Å². The van der Waals surface area contributed by atoms with E-state index in [-0.39, 0.29) is 0 Å². The maximum absolute atomic E-state index is 3.81. The van der Waals surface area contributed by atoms with Crippen LogP contribution in [0, 0.1) is 6.04 Å². The van der Waals surface area contributed by atoms with Crippen LogP contribution in [-0.4, -0.2) is 19.6 Å². The summed E-state index contributed by atoms with van der Waals surface area (Å²) in [7, 11) is 0. The van der Waals surface area contributed by atoms with Crippen molar-refractivity contribution in [1.82, 2.24) is 5.32 Å². The molecule has 0 aliphatic carbocycles. The Kier molecular flexibility index (Phi) is 3.41. The van der Waals surface area contributed by atoms with Crippen molar-refractivity contribution in [3.63, 3.8) is 0 Å². The fourth-order valence-corrected chi connectivity index (χ4v) is 1.95. The average molecular weight is 203 g/mol. The van der Waals surface area contributed by atoms with Gasteiger partial charge in [-0.05, 0) is 18.6 Å². The minimum atomic E-state index is 0.960. The number of rotatable bonds is 3. The summed E-state index contributed by atoms with van der Waals surface area (Å²) in [6, 6.07) is 12.0. The van der Waals surface area contributed by atoms with E-state index in [9.17, 15) is 0 Å². The molecule has 2 heteroatoms. The Bertz CT molecular complexity index is 308. The molecule has 1 aromatic rings. The van der Waals surface area contributed by atoms with Crippen molar-refractivity contribution < 1.29 is 0 Å². The highest BCUT2D eigenvalue weighted by Gasteiger charge is 2.21. The molecule has 1 saturated heterocycles. The second kappa shape index (κ2) is 4.99. The third kappa shape index (κ3) is 2.39. The molecule has 1 aliphatic heterocycles. The molecule has 2 nitrogen and oxygen atoms in total. The first-order chi connectivity index (χ1) is 7.42. The molecule has 0 amide bonds. The van der Waals surface area contributed by atoms with Crippen LogP contribution in [0.4, 0.5) is 5.69 Å². The number of nitrogens with one attached hydrogen (secondary N) is 1. The van der Waals surface area contributed by atoms with Gasteiger partial charge < -0.3 is 10.2 Å². The van der Waals surface area contributed by atoms with Crippen LogP contribution in [0.2, 0.25) is 0 Å². The van der Waals surface area contributed by atoms with Crippen molar-refractivity contribution in [1.29, 1.82) is 0 Å². The monoisotopic (exact) mass is 203 g/mol. The van der Waals surface area contributed by atoms with Gasteiger partial charge in [0, 0.05) is 25.3 Å². The lowest BCUT2D eigenvalue weighted by atomic mass is 10.1. The number of benzene rings is 1. The lowest BCUT2D eigenvalue weighted by molar-refractivity contribution is 0.569. The summed E-state index contributed by atoms with van der Waals surface area (Å²) in [5, 5.41) is 3.39. The highest BCUT2D eigenvalue weighted by molar-refractivity contribution is 5.51. The Hall–Kier alpha value is -1.28. The lowest BCUT2D eigenvalue weighted by Crippen LogP contribution is -2.46. The van der Waals surface area contributed by atoms with Gasteiger partial charge in [-0.3, -0.25) is 0 Å². The van der Waals surface area contributed by atoms with Gasteiger partial charge >= 0.3 is 0 Å². The molecule has 2 rings (SSSR count). The molecule has 1 radical (unpaired) electrons. The van der Waals surface area contributed by atoms with Gasteiger partial charge in [0.05, 0.1) is 6.04 Å². The Labute approximate surface area is 91.6 Å². The van der Waals surface area contributed by atoms with E-state index in [4.69, 9.17) is 0 Å². The number of hydrogen-bond donors (Lipinski definition) is 1. The van der Waals surface area contributed by atoms with Crippen molar-refractivity contribution in [2.24, 2.45) is 0 Å². The van der Waals surface area contributed by atoms with Gasteiger partial charge in [-0.25, -0.2) is 0 Å². The smallest absolute Gasteiger partial charge is 0.0807 e. The summed E-state index contributed by atoms with van der Waals surface area (Å²) in [4.78, 5) is 2.39.